The molecule has 3 heterocycles. The number of nitrogens with zero attached hydrogens (tertiary/aromatic N) is 4. The molecule has 1 unspecified atom stereocenters. The molecule has 1 amide bonds. The van der Waals surface area contributed by atoms with Gasteiger partial charge < -0.3 is 19.6 Å². The van der Waals surface area contributed by atoms with Gasteiger partial charge in [-0.15, -0.1) is 0 Å². The molecule has 1 aliphatic rings. The van der Waals surface area contributed by atoms with E-state index in [1.54, 1.807) is 30.1 Å². The van der Waals surface area contributed by atoms with Gasteiger partial charge in [-0.2, -0.15) is 5.26 Å². The number of para-hydroxylation sites is 1. The summed E-state index contributed by atoms with van der Waals surface area (Å²) in [5.41, 5.74) is 2.69. The minimum atomic E-state index is -0.247. The van der Waals surface area contributed by atoms with Crippen molar-refractivity contribution in [1.82, 2.24) is 19.4 Å². The molecule has 2 N–H and O–H groups in total. The van der Waals surface area contributed by atoms with Crippen molar-refractivity contribution in [2.45, 2.75) is 45.9 Å². The van der Waals surface area contributed by atoms with Crippen LogP contribution in [0.2, 0.25) is 0 Å². The second-order valence-electron chi connectivity index (χ2n) is 8.54. The third-order valence-corrected chi connectivity index (χ3v) is 6.10. The molecule has 9 nitrogen and oxygen atoms in total. The zero-order valence-corrected chi connectivity index (χ0v) is 19.1. The molecule has 2 aromatic heterocycles. The first-order chi connectivity index (χ1) is 15.9. The highest BCUT2D eigenvalue weighted by Crippen LogP contribution is 2.28. The Morgan fingerprint density at radius 3 is 2.91 bits per heavy atom. The normalized spacial score (nSPS) is 15.8. The summed E-state index contributed by atoms with van der Waals surface area (Å²) in [7, 11) is 1.78. The first kappa shape index (κ1) is 22.7. The Bertz CT molecular complexity index is 1280. The summed E-state index contributed by atoms with van der Waals surface area (Å²) in [6.45, 7) is 5.56. The summed E-state index contributed by atoms with van der Waals surface area (Å²) in [6.07, 6.45) is 2.06. The van der Waals surface area contributed by atoms with Crippen LogP contribution in [-0.2, 0) is 22.6 Å². The van der Waals surface area contributed by atoms with Gasteiger partial charge in [-0.3, -0.25) is 14.5 Å². The molecule has 33 heavy (non-hydrogen) atoms. The van der Waals surface area contributed by atoms with Crippen molar-refractivity contribution in [2.75, 3.05) is 25.5 Å². The van der Waals surface area contributed by atoms with E-state index in [4.69, 9.17) is 4.74 Å². The number of carbonyl (C=O) groups is 1. The van der Waals surface area contributed by atoms with E-state index < -0.39 is 0 Å². The fourth-order valence-corrected chi connectivity index (χ4v) is 4.29. The van der Waals surface area contributed by atoms with Gasteiger partial charge in [0.05, 0.1) is 42.2 Å². The lowest BCUT2D eigenvalue weighted by atomic mass is 10.2. The number of carbonyl (C=O) groups excluding carboxylic acids is 1. The number of nitrogens with one attached hydrogen (secondary N) is 2. The molecule has 3 aromatic rings. The molecule has 0 bridgehead atoms. The third-order valence-electron chi connectivity index (χ3n) is 6.10. The molecule has 1 saturated heterocycles. The standard InChI is InChI=1S/C24H28N6O3/c1-15-16(2)30(12-17-7-6-10-33-17)23(19(15)11-25)28-22(31)14-29(3)13-21-26-20-9-5-4-8-18(20)24(32)27-21/h4-5,8-9,17H,6-7,10,12-14H2,1-3H3,(H,28,31)(H,26,27,32). The van der Waals surface area contributed by atoms with Crippen LogP contribution in [0, 0.1) is 25.2 Å². The monoisotopic (exact) mass is 448 g/mol. The molecule has 172 valence electrons. The number of H-pyrrole nitrogens is 1. The zero-order chi connectivity index (χ0) is 23.5. The van der Waals surface area contributed by atoms with Crippen LogP contribution in [0.3, 0.4) is 0 Å². The highest BCUT2D eigenvalue weighted by atomic mass is 16.5. The predicted octanol–water partition coefficient (Wildman–Crippen LogP) is 2.46. The number of likely N-dealkylation sites (N-methyl/N-ethyl adjacent to an activating group) is 1. The number of rotatable bonds is 7. The van der Waals surface area contributed by atoms with Crippen molar-refractivity contribution in [2.24, 2.45) is 0 Å². The second kappa shape index (κ2) is 9.57. The topological polar surface area (TPSA) is 116 Å². The molecule has 0 radical (unpaired) electrons. The lowest BCUT2D eigenvalue weighted by Crippen LogP contribution is -2.32. The van der Waals surface area contributed by atoms with E-state index in [1.807, 2.05) is 24.5 Å². The molecule has 1 aliphatic heterocycles. The fourth-order valence-electron chi connectivity index (χ4n) is 4.29. The average Bonchev–Trinajstić information content (AvgIpc) is 3.36. The van der Waals surface area contributed by atoms with Gasteiger partial charge in [-0.25, -0.2) is 4.98 Å². The zero-order valence-electron chi connectivity index (χ0n) is 19.1. The van der Waals surface area contributed by atoms with E-state index in [0.717, 1.165) is 30.7 Å². The van der Waals surface area contributed by atoms with Gasteiger partial charge in [-0.1, -0.05) is 12.1 Å². The molecular weight excluding hydrogens is 420 g/mol. The van der Waals surface area contributed by atoms with Crippen molar-refractivity contribution in [1.29, 1.82) is 5.26 Å². The van der Waals surface area contributed by atoms with Gasteiger partial charge in [0.1, 0.15) is 17.7 Å². The molecule has 4 rings (SSSR count). The van der Waals surface area contributed by atoms with Gasteiger partial charge in [0.25, 0.3) is 5.56 Å². The number of benzene rings is 1. The number of hydrogen-bond donors (Lipinski definition) is 2. The van der Waals surface area contributed by atoms with Gasteiger partial charge in [0.2, 0.25) is 5.91 Å². The van der Waals surface area contributed by atoms with E-state index in [2.05, 4.69) is 21.4 Å². The Hall–Kier alpha value is -3.48. The molecule has 1 atom stereocenters. The van der Waals surface area contributed by atoms with Crippen molar-refractivity contribution in [3.8, 4) is 6.07 Å². The summed E-state index contributed by atoms with van der Waals surface area (Å²) in [5.74, 6) is 0.752. The maximum Gasteiger partial charge on any atom is 0.258 e. The summed E-state index contributed by atoms with van der Waals surface area (Å²) in [5, 5.41) is 13.2. The van der Waals surface area contributed by atoms with Crippen LogP contribution < -0.4 is 10.9 Å². The van der Waals surface area contributed by atoms with Crippen LogP contribution in [0.25, 0.3) is 10.9 Å². The Balaban J connectivity index is 1.48. The van der Waals surface area contributed by atoms with Crippen LogP contribution >= 0.6 is 0 Å². The van der Waals surface area contributed by atoms with Crippen LogP contribution in [0.1, 0.15) is 35.5 Å². The summed E-state index contributed by atoms with van der Waals surface area (Å²) in [4.78, 5) is 34.2. The molecular formula is C24H28N6O3. The number of nitriles is 1. The minimum absolute atomic E-state index is 0.0740. The van der Waals surface area contributed by atoms with Crippen LogP contribution in [0.5, 0.6) is 0 Å². The minimum Gasteiger partial charge on any atom is -0.376 e. The van der Waals surface area contributed by atoms with Crippen LogP contribution in [0.4, 0.5) is 5.82 Å². The number of ether oxygens (including phenoxy) is 1. The predicted molar refractivity (Wildman–Crippen MR) is 125 cm³/mol. The number of hydrogen-bond acceptors (Lipinski definition) is 6. The number of aromatic nitrogens is 3. The Kier molecular flexibility index (Phi) is 6.58. The van der Waals surface area contributed by atoms with Crippen molar-refractivity contribution < 1.29 is 9.53 Å². The lowest BCUT2D eigenvalue weighted by Gasteiger charge is -2.19. The third kappa shape index (κ3) is 4.82. The summed E-state index contributed by atoms with van der Waals surface area (Å²) < 4.78 is 7.74. The number of fused-ring (bicyclic) bond motifs is 1. The molecule has 0 spiro atoms. The fraction of sp³-hybridized carbons (Fsp3) is 0.417. The van der Waals surface area contributed by atoms with Crippen molar-refractivity contribution >= 4 is 22.6 Å². The summed E-state index contributed by atoms with van der Waals surface area (Å²) >= 11 is 0. The van der Waals surface area contributed by atoms with E-state index >= 15 is 0 Å². The number of aromatic amines is 1. The molecule has 9 heteroatoms. The second-order valence-corrected chi connectivity index (χ2v) is 8.54. The van der Waals surface area contributed by atoms with Gasteiger partial charge in [0, 0.05) is 12.3 Å². The Labute approximate surface area is 192 Å². The van der Waals surface area contributed by atoms with Gasteiger partial charge >= 0.3 is 0 Å². The quantitative estimate of drug-likeness (QED) is 0.574. The molecule has 1 aromatic carbocycles. The molecule has 0 aliphatic carbocycles. The maximum atomic E-state index is 12.9. The first-order valence-electron chi connectivity index (χ1n) is 11.0. The largest absolute Gasteiger partial charge is 0.376 e. The average molecular weight is 449 g/mol. The van der Waals surface area contributed by atoms with Crippen LogP contribution in [0.15, 0.2) is 29.1 Å². The van der Waals surface area contributed by atoms with Gasteiger partial charge in [0.15, 0.2) is 0 Å². The summed E-state index contributed by atoms with van der Waals surface area (Å²) in [6, 6.07) is 9.37. The molecule has 0 saturated carbocycles. The smallest absolute Gasteiger partial charge is 0.258 e. The molecule has 1 fully saturated rings. The van der Waals surface area contributed by atoms with Crippen molar-refractivity contribution in [3.63, 3.8) is 0 Å². The maximum absolute atomic E-state index is 12.9. The highest BCUT2D eigenvalue weighted by molar-refractivity contribution is 5.93. The Morgan fingerprint density at radius 1 is 1.39 bits per heavy atom. The number of amides is 1. The van der Waals surface area contributed by atoms with Crippen molar-refractivity contribution in [3.05, 3.63) is 57.3 Å². The van der Waals surface area contributed by atoms with Gasteiger partial charge in [-0.05, 0) is 51.4 Å². The van der Waals surface area contributed by atoms with E-state index in [1.165, 1.54) is 0 Å². The van der Waals surface area contributed by atoms with E-state index in [9.17, 15) is 14.9 Å². The first-order valence-corrected chi connectivity index (χ1v) is 11.0. The highest BCUT2D eigenvalue weighted by Gasteiger charge is 2.24. The van der Waals surface area contributed by atoms with E-state index in [0.29, 0.717) is 41.2 Å². The number of anilines is 1. The van der Waals surface area contributed by atoms with Crippen LogP contribution in [-0.4, -0.2) is 51.6 Å². The lowest BCUT2D eigenvalue weighted by molar-refractivity contribution is -0.117. The SMILES string of the molecule is Cc1c(C#N)c(NC(=O)CN(C)Cc2nc3ccccc3c(=O)[nH]2)n(CC2CCCO2)c1C. The Morgan fingerprint density at radius 2 is 2.18 bits per heavy atom. The van der Waals surface area contributed by atoms with E-state index in [-0.39, 0.29) is 24.1 Å².